The van der Waals surface area contributed by atoms with Crippen molar-refractivity contribution in [1.29, 1.82) is 0 Å². The van der Waals surface area contributed by atoms with Crippen molar-refractivity contribution in [3.63, 3.8) is 0 Å². The van der Waals surface area contributed by atoms with Gasteiger partial charge < -0.3 is 9.47 Å². The average molecular weight is 312 g/mol. The van der Waals surface area contributed by atoms with Gasteiger partial charge in [0.2, 0.25) is 5.95 Å². The summed E-state index contributed by atoms with van der Waals surface area (Å²) in [5, 5.41) is 6.00. The molecule has 2 aromatic rings. The minimum absolute atomic E-state index is 0.0434. The van der Waals surface area contributed by atoms with E-state index in [0.29, 0.717) is 24.7 Å². The molecule has 0 fully saturated rings. The summed E-state index contributed by atoms with van der Waals surface area (Å²) in [6, 6.07) is 4.41. The molecule has 0 radical (unpaired) electrons. The zero-order chi connectivity index (χ0) is 15.3. The standard InChI is InChI=1S/C12H16N4O4S/c1-3-19-10-6-5-9(7-11(10)20-4-2)21(17,18)16-12-13-8-14-15-12/h5-8H,3-4H2,1-2H3,(H2,13,14,15,16). The molecule has 0 bridgehead atoms. The molecule has 2 rings (SSSR count). The maximum Gasteiger partial charge on any atom is 0.264 e. The molecule has 114 valence electrons. The monoisotopic (exact) mass is 312 g/mol. The number of benzene rings is 1. The Hall–Kier alpha value is -2.29. The average Bonchev–Trinajstić information content (AvgIpc) is 2.93. The number of hydrogen-bond donors (Lipinski definition) is 2. The first-order chi connectivity index (χ1) is 10.1. The van der Waals surface area contributed by atoms with Crippen LogP contribution in [0.2, 0.25) is 0 Å². The molecule has 0 unspecified atom stereocenters. The fraction of sp³-hybridized carbons (Fsp3) is 0.333. The number of sulfonamides is 1. The molecule has 0 aliphatic rings. The number of nitrogens with zero attached hydrogens (tertiary/aromatic N) is 2. The molecule has 0 aliphatic carbocycles. The lowest BCUT2D eigenvalue weighted by molar-refractivity contribution is 0.287. The highest BCUT2D eigenvalue weighted by Gasteiger charge is 2.18. The van der Waals surface area contributed by atoms with Crippen LogP contribution in [0.15, 0.2) is 29.4 Å². The molecule has 0 amide bonds. The number of hydrogen-bond acceptors (Lipinski definition) is 6. The summed E-state index contributed by atoms with van der Waals surface area (Å²) in [5.41, 5.74) is 0. The fourth-order valence-corrected chi connectivity index (χ4v) is 2.62. The van der Waals surface area contributed by atoms with Gasteiger partial charge in [-0.1, -0.05) is 0 Å². The topological polar surface area (TPSA) is 106 Å². The maximum atomic E-state index is 12.2. The fourth-order valence-electron chi connectivity index (χ4n) is 1.64. The molecule has 9 heteroatoms. The highest BCUT2D eigenvalue weighted by Crippen LogP contribution is 2.30. The largest absolute Gasteiger partial charge is 0.490 e. The molecule has 0 spiro atoms. The van der Waals surface area contributed by atoms with Crippen LogP contribution < -0.4 is 14.2 Å². The smallest absolute Gasteiger partial charge is 0.264 e. The van der Waals surface area contributed by atoms with Crippen molar-refractivity contribution in [3.05, 3.63) is 24.5 Å². The van der Waals surface area contributed by atoms with Crippen molar-refractivity contribution in [3.8, 4) is 11.5 Å². The first kappa shape index (κ1) is 15.1. The molecule has 1 heterocycles. The Kier molecular flexibility index (Phi) is 4.63. The first-order valence-electron chi connectivity index (χ1n) is 6.34. The summed E-state index contributed by atoms with van der Waals surface area (Å²) < 4.78 is 37.5. The number of anilines is 1. The van der Waals surface area contributed by atoms with E-state index in [1.807, 2.05) is 13.8 Å². The summed E-state index contributed by atoms with van der Waals surface area (Å²) in [6.45, 7) is 4.51. The van der Waals surface area contributed by atoms with Gasteiger partial charge in [-0.15, -0.1) is 0 Å². The van der Waals surface area contributed by atoms with Gasteiger partial charge in [-0.2, -0.15) is 10.1 Å². The van der Waals surface area contributed by atoms with Gasteiger partial charge in [-0.05, 0) is 26.0 Å². The summed E-state index contributed by atoms with van der Waals surface area (Å²) in [7, 11) is -3.78. The third-order valence-electron chi connectivity index (χ3n) is 2.47. The Morgan fingerprint density at radius 1 is 1.19 bits per heavy atom. The van der Waals surface area contributed by atoms with Gasteiger partial charge in [0.05, 0.1) is 18.1 Å². The van der Waals surface area contributed by atoms with E-state index in [1.54, 1.807) is 6.07 Å². The Bertz CT molecular complexity index is 685. The van der Waals surface area contributed by atoms with Gasteiger partial charge >= 0.3 is 0 Å². The van der Waals surface area contributed by atoms with Crippen LogP contribution in [0.1, 0.15) is 13.8 Å². The van der Waals surface area contributed by atoms with E-state index in [-0.39, 0.29) is 10.8 Å². The Morgan fingerprint density at radius 3 is 2.52 bits per heavy atom. The second kappa shape index (κ2) is 6.44. The Balaban J connectivity index is 2.32. The predicted molar refractivity (Wildman–Crippen MR) is 76.0 cm³/mol. The van der Waals surface area contributed by atoms with Crippen LogP contribution in [0.3, 0.4) is 0 Å². The molecule has 21 heavy (non-hydrogen) atoms. The minimum atomic E-state index is -3.78. The van der Waals surface area contributed by atoms with Crippen molar-refractivity contribution in [2.24, 2.45) is 0 Å². The van der Waals surface area contributed by atoms with E-state index in [0.717, 1.165) is 0 Å². The van der Waals surface area contributed by atoms with Crippen LogP contribution in [-0.4, -0.2) is 36.8 Å². The zero-order valence-corrected chi connectivity index (χ0v) is 12.5. The van der Waals surface area contributed by atoms with Gasteiger partial charge in [0.25, 0.3) is 10.0 Å². The lowest BCUT2D eigenvalue weighted by atomic mass is 10.3. The van der Waals surface area contributed by atoms with Gasteiger partial charge in [0.15, 0.2) is 11.5 Å². The van der Waals surface area contributed by atoms with E-state index in [4.69, 9.17) is 9.47 Å². The van der Waals surface area contributed by atoms with Crippen LogP contribution in [0, 0.1) is 0 Å². The van der Waals surface area contributed by atoms with Crippen LogP contribution in [0.25, 0.3) is 0 Å². The normalized spacial score (nSPS) is 11.1. The molecule has 0 saturated heterocycles. The van der Waals surface area contributed by atoms with Crippen LogP contribution in [0.5, 0.6) is 11.5 Å². The lowest BCUT2D eigenvalue weighted by Gasteiger charge is -2.12. The Morgan fingerprint density at radius 2 is 1.90 bits per heavy atom. The van der Waals surface area contributed by atoms with Crippen molar-refractivity contribution >= 4 is 16.0 Å². The van der Waals surface area contributed by atoms with E-state index in [9.17, 15) is 8.42 Å². The molecule has 1 aromatic heterocycles. The van der Waals surface area contributed by atoms with E-state index >= 15 is 0 Å². The van der Waals surface area contributed by atoms with Crippen LogP contribution in [-0.2, 0) is 10.0 Å². The second-order valence-corrected chi connectivity index (χ2v) is 5.60. The first-order valence-corrected chi connectivity index (χ1v) is 7.83. The molecular formula is C12H16N4O4S. The number of aromatic nitrogens is 3. The SMILES string of the molecule is CCOc1ccc(S(=O)(=O)Nc2ncn[nH]2)cc1OCC. The van der Waals surface area contributed by atoms with Gasteiger partial charge in [-0.3, -0.25) is 0 Å². The molecule has 1 aromatic carbocycles. The highest BCUT2D eigenvalue weighted by molar-refractivity contribution is 7.92. The van der Waals surface area contributed by atoms with Crippen LogP contribution >= 0.6 is 0 Å². The third-order valence-corrected chi connectivity index (χ3v) is 3.81. The summed E-state index contributed by atoms with van der Waals surface area (Å²) in [5.74, 6) is 0.916. The summed E-state index contributed by atoms with van der Waals surface area (Å²) in [6.07, 6.45) is 1.21. The molecule has 0 saturated carbocycles. The van der Waals surface area contributed by atoms with Gasteiger partial charge in [0.1, 0.15) is 6.33 Å². The van der Waals surface area contributed by atoms with Crippen molar-refractivity contribution < 1.29 is 17.9 Å². The predicted octanol–water partition coefficient (Wildman–Crippen LogP) is 1.40. The third kappa shape index (κ3) is 3.63. The zero-order valence-electron chi connectivity index (χ0n) is 11.7. The maximum absolute atomic E-state index is 12.2. The quantitative estimate of drug-likeness (QED) is 0.800. The van der Waals surface area contributed by atoms with Gasteiger partial charge in [-0.25, -0.2) is 18.2 Å². The van der Waals surface area contributed by atoms with E-state index in [2.05, 4.69) is 19.9 Å². The molecule has 2 N–H and O–H groups in total. The van der Waals surface area contributed by atoms with Crippen molar-refractivity contribution in [2.75, 3.05) is 17.9 Å². The summed E-state index contributed by atoms with van der Waals surface area (Å²) >= 11 is 0. The number of H-pyrrole nitrogens is 1. The van der Waals surface area contributed by atoms with Gasteiger partial charge in [0, 0.05) is 6.07 Å². The second-order valence-electron chi connectivity index (χ2n) is 3.91. The highest BCUT2D eigenvalue weighted by atomic mass is 32.2. The van der Waals surface area contributed by atoms with Crippen molar-refractivity contribution in [1.82, 2.24) is 15.2 Å². The Labute approximate surface area is 122 Å². The molecule has 0 aliphatic heterocycles. The minimum Gasteiger partial charge on any atom is -0.490 e. The number of rotatable bonds is 7. The van der Waals surface area contributed by atoms with Crippen molar-refractivity contribution in [2.45, 2.75) is 18.7 Å². The lowest BCUT2D eigenvalue weighted by Crippen LogP contribution is -2.14. The molecule has 0 atom stereocenters. The molecule has 8 nitrogen and oxygen atoms in total. The summed E-state index contributed by atoms with van der Waals surface area (Å²) in [4.78, 5) is 3.77. The van der Waals surface area contributed by atoms with E-state index < -0.39 is 10.0 Å². The van der Waals surface area contributed by atoms with E-state index in [1.165, 1.54) is 18.5 Å². The number of nitrogens with one attached hydrogen (secondary N) is 2. The van der Waals surface area contributed by atoms with Crippen LogP contribution in [0.4, 0.5) is 5.95 Å². The number of aromatic amines is 1. The molecular weight excluding hydrogens is 296 g/mol. The number of ether oxygens (including phenoxy) is 2.